The fourth-order valence-electron chi connectivity index (χ4n) is 1.17. The van der Waals surface area contributed by atoms with Crippen molar-refractivity contribution >= 4 is 17.8 Å². The predicted octanol–water partition coefficient (Wildman–Crippen LogP) is 1.53. The number of amides is 1. The summed E-state index contributed by atoms with van der Waals surface area (Å²) in [5, 5.41) is 0. The number of hydrogen-bond acceptors (Lipinski definition) is 3. The number of aliphatic imine (C=N–C) groups is 1. The molecule has 0 aliphatic carbocycles. The molecule has 0 saturated heterocycles. The van der Waals surface area contributed by atoms with Gasteiger partial charge in [-0.25, -0.2) is 4.99 Å². The second kappa shape index (κ2) is 3.96. The van der Waals surface area contributed by atoms with E-state index in [4.69, 9.17) is 10.5 Å². The van der Waals surface area contributed by atoms with Crippen molar-refractivity contribution in [3.63, 3.8) is 0 Å². The minimum absolute atomic E-state index is 0.153. The fraction of sp³-hybridized carbons (Fsp3) is 0.0909. The summed E-state index contributed by atoms with van der Waals surface area (Å²) in [6.45, 7) is 0. The number of carbonyl (C=O) groups excluding carboxylic acids is 1. The molecule has 1 aromatic carbocycles. The van der Waals surface area contributed by atoms with Crippen molar-refractivity contribution in [3.05, 3.63) is 36.1 Å². The highest BCUT2D eigenvalue weighted by atomic mass is 16.5. The van der Waals surface area contributed by atoms with Gasteiger partial charge in [0.25, 0.3) is 0 Å². The van der Waals surface area contributed by atoms with Gasteiger partial charge in [-0.3, -0.25) is 4.79 Å². The number of nitrogens with two attached hydrogens (primary N) is 1. The number of dihydropyridines is 1. The highest BCUT2D eigenvalue weighted by Gasteiger charge is 2.06. The average molecular weight is 202 g/mol. The van der Waals surface area contributed by atoms with Crippen LogP contribution in [0.5, 0.6) is 5.75 Å². The van der Waals surface area contributed by atoms with Gasteiger partial charge in [-0.15, -0.1) is 0 Å². The lowest BCUT2D eigenvalue weighted by atomic mass is 10.3. The number of allylic oxidation sites excluding steroid dienone is 1. The van der Waals surface area contributed by atoms with E-state index in [0.29, 0.717) is 23.6 Å². The molecule has 0 aromatic heterocycles. The molecule has 2 rings (SSSR count). The highest BCUT2D eigenvalue weighted by molar-refractivity contribution is 5.94. The van der Waals surface area contributed by atoms with E-state index in [1.807, 2.05) is 0 Å². The van der Waals surface area contributed by atoms with Gasteiger partial charge in [0.15, 0.2) is 0 Å². The lowest BCUT2D eigenvalue weighted by Gasteiger charge is -2.08. The first-order valence-corrected chi connectivity index (χ1v) is 4.54. The number of carbonyl (C=O) groups is 1. The topological polar surface area (TPSA) is 64.7 Å². The molecule has 4 nitrogen and oxygen atoms in total. The lowest BCUT2D eigenvalue weighted by Crippen LogP contribution is -2.05. The molecule has 76 valence electrons. The van der Waals surface area contributed by atoms with Crippen LogP contribution in [0, 0.1) is 0 Å². The van der Waals surface area contributed by atoms with Crippen molar-refractivity contribution in [1.29, 1.82) is 0 Å². The van der Waals surface area contributed by atoms with E-state index in [1.54, 1.807) is 30.3 Å². The van der Waals surface area contributed by atoms with Crippen LogP contribution >= 0.6 is 0 Å². The molecular weight excluding hydrogens is 192 g/mol. The number of hydrogen-bond donors (Lipinski definition) is 1. The molecule has 0 bridgehead atoms. The Balaban J connectivity index is 2.07. The summed E-state index contributed by atoms with van der Waals surface area (Å²) in [4.78, 5) is 14.4. The summed E-state index contributed by atoms with van der Waals surface area (Å²) >= 11 is 0. The van der Waals surface area contributed by atoms with Crippen molar-refractivity contribution < 1.29 is 9.53 Å². The van der Waals surface area contributed by atoms with Crippen LogP contribution in [0.2, 0.25) is 0 Å². The molecule has 2 N–H and O–H groups in total. The van der Waals surface area contributed by atoms with Crippen LogP contribution in [-0.4, -0.2) is 12.1 Å². The van der Waals surface area contributed by atoms with E-state index in [-0.39, 0.29) is 5.91 Å². The van der Waals surface area contributed by atoms with Gasteiger partial charge in [-0.1, -0.05) is 0 Å². The summed E-state index contributed by atoms with van der Waals surface area (Å²) in [6.07, 6.45) is 3.41. The maximum atomic E-state index is 10.8. The van der Waals surface area contributed by atoms with Gasteiger partial charge < -0.3 is 10.5 Å². The monoisotopic (exact) mass is 202 g/mol. The van der Waals surface area contributed by atoms with Crippen LogP contribution < -0.4 is 10.5 Å². The van der Waals surface area contributed by atoms with Crippen LogP contribution in [0.4, 0.5) is 5.69 Å². The van der Waals surface area contributed by atoms with Gasteiger partial charge in [0, 0.05) is 5.69 Å². The van der Waals surface area contributed by atoms with Gasteiger partial charge in [0.2, 0.25) is 5.91 Å². The van der Waals surface area contributed by atoms with Crippen molar-refractivity contribution in [2.45, 2.75) is 6.42 Å². The molecule has 1 heterocycles. The van der Waals surface area contributed by atoms with E-state index >= 15 is 0 Å². The Kier molecular flexibility index (Phi) is 2.49. The Morgan fingerprint density at radius 3 is 2.60 bits per heavy atom. The van der Waals surface area contributed by atoms with Crippen molar-refractivity contribution in [2.75, 3.05) is 5.73 Å². The number of rotatable bonds is 2. The van der Waals surface area contributed by atoms with Crippen LogP contribution in [0.25, 0.3) is 0 Å². The molecule has 1 aliphatic heterocycles. The molecule has 0 saturated carbocycles. The first-order chi connectivity index (χ1) is 7.24. The lowest BCUT2D eigenvalue weighted by molar-refractivity contribution is -0.117. The van der Waals surface area contributed by atoms with Gasteiger partial charge >= 0.3 is 0 Å². The molecule has 4 heteroatoms. The van der Waals surface area contributed by atoms with Gasteiger partial charge in [-0.2, -0.15) is 0 Å². The van der Waals surface area contributed by atoms with Crippen LogP contribution in [0.3, 0.4) is 0 Å². The number of anilines is 1. The first kappa shape index (κ1) is 9.45. The maximum Gasteiger partial charge on any atom is 0.249 e. The molecule has 0 fully saturated rings. The standard InChI is InChI=1S/C11H10N2O2/c12-8-1-3-9(4-2-8)15-10-5-6-11(14)13-7-10/h1-5,7H,6,12H2. The molecule has 0 spiro atoms. The smallest absolute Gasteiger partial charge is 0.249 e. The molecule has 0 unspecified atom stereocenters. The quantitative estimate of drug-likeness (QED) is 0.739. The molecule has 1 aromatic rings. The van der Waals surface area contributed by atoms with E-state index in [1.165, 1.54) is 6.21 Å². The minimum atomic E-state index is -0.153. The zero-order valence-electron chi connectivity index (χ0n) is 8.01. The second-order valence-corrected chi connectivity index (χ2v) is 3.13. The third-order valence-electron chi connectivity index (χ3n) is 1.93. The Morgan fingerprint density at radius 2 is 2.00 bits per heavy atom. The number of benzene rings is 1. The highest BCUT2D eigenvalue weighted by Crippen LogP contribution is 2.16. The SMILES string of the molecule is Nc1ccc(OC2=CCC(=O)N=C2)cc1. The Hall–Kier alpha value is -2.10. The molecular formula is C11H10N2O2. The maximum absolute atomic E-state index is 10.8. The largest absolute Gasteiger partial charge is 0.456 e. The summed E-state index contributed by atoms with van der Waals surface area (Å²) in [5.74, 6) is 1.11. The van der Waals surface area contributed by atoms with E-state index in [2.05, 4.69) is 4.99 Å². The molecule has 0 atom stereocenters. The zero-order valence-corrected chi connectivity index (χ0v) is 8.01. The van der Waals surface area contributed by atoms with Gasteiger partial charge in [0.1, 0.15) is 11.5 Å². The molecule has 1 amide bonds. The van der Waals surface area contributed by atoms with Gasteiger partial charge in [0.05, 0.1) is 12.6 Å². The second-order valence-electron chi connectivity index (χ2n) is 3.13. The average Bonchev–Trinajstić information content (AvgIpc) is 2.25. The van der Waals surface area contributed by atoms with Crippen molar-refractivity contribution in [1.82, 2.24) is 0 Å². The summed E-state index contributed by atoms with van der Waals surface area (Å²) in [5.41, 5.74) is 6.22. The summed E-state index contributed by atoms with van der Waals surface area (Å²) in [7, 11) is 0. The fourth-order valence-corrected chi connectivity index (χ4v) is 1.17. The predicted molar refractivity (Wildman–Crippen MR) is 57.7 cm³/mol. The van der Waals surface area contributed by atoms with Crippen LogP contribution in [0.15, 0.2) is 41.1 Å². The van der Waals surface area contributed by atoms with E-state index in [0.717, 1.165) is 0 Å². The third kappa shape index (κ3) is 2.43. The number of ether oxygens (including phenoxy) is 1. The first-order valence-electron chi connectivity index (χ1n) is 4.54. The Labute approximate surface area is 87.1 Å². The van der Waals surface area contributed by atoms with Crippen molar-refractivity contribution in [3.8, 4) is 5.75 Å². The Bertz CT molecular complexity index is 432. The summed E-state index contributed by atoms with van der Waals surface area (Å²) < 4.78 is 5.46. The zero-order chi connectivity index (χ0) is 10.7. The van der Waals surface area contributed by atoms with Gasteiger partial charge in [-0.05, 0) is 30.3 Å². The molecule has 15 heavy (non-hydrogen) atoms. The Morgan fingerprint density at radius 1 is 1.27 bits per heavy atom. The number of nitrogen functional groups attached to an aromatic ring is 1. The van der Waals surface area contributed by atoms with E-state index in [9.17, 15) is 4.79 Å². The minimum Gasteiger partial charge on any atom is -0.456 e. The van der Waals surface area contributed by atoms with E-state index < -0.39 is 0 Å². The third-order valence-corrected chi connectivity index (χ3v) is 1.93. The van der Waals surface area contributed by atoms with Crippen LogP contribution in [0.1, 0.15) is 6.42 Å². The van der Waals surface area contributed by atoms with Crippen LogP contribution in [-0.2, 0) is 4.79 Å². The summed E-state index contributed by atoms with van der Waals surface area (Å²) in [6, 6.07) is 7.03. The number of nitrogens with zero attached hydrogens (tertiary/aromatic N) is 1. The van der Waals surface area contributed by atoms with Crippen molar-refractivity contribution in [2.24, 2.45) is 4.99 Å². The molecule has 0 radical (unpaired) electrons. The normalized spacial score (nSPS) is 14.9. The molecule has 1 aliphatic rings.